The number of nitriles is 1. The molecule has 0 aromatic heterocycles. The van der Waals surface area contributed by atoms with E-state index in [4.69, 9.17) is 10.00 Å². The van der Waals surface area contributed by atoms with Gasteiger partial charge in [-0.25, -0.2) is 4.79 Å². The number of nitrogens with zero attached hydrogens (tertiary/aromatic N) is 1. The molecule has 0 aliphatic rings. The summed E-state index contributed by atoms with van der Waals surface area (Å²) in [6.07, 6.45) is 1.17. The first-order valence-electron chi connectivity index (χ1n) is 4.97. The topological polar surface area (TPSA) is 59.3 Å². The highest BCUT2D eigenvalue weighted by molar-refractivity contribution is 5.95. The van der Waals surface area contributed by atoms with Crippen LogP contribution in [0.1, 0.15) is 11.1 Å². The number of hydrogen-bond donors (Lipinski definition) is 0. The number of aryl methyl sites for hydroxylation is 1. The Bertz CT molecular complexity index is 498. The summed E-state index contributed by atoms with van der Waals surface area (Å²) >= 11 is 0. The van der Waals surface area contributed by atoms with Crippen molar-refractivity contribution in [1.29, 1.82) is 5.26 Å². The maximum atomic E-state index is 11.1. The van der Waals surface area contributed by atoms with Crippen molar-refractivity contribution in [3.05, 3.63) is 35.4 Å². The average molecular weight is 231 g/mol. The summed E-state index contributed by atoms with van der Waals surface area (Å²) in [7, 11) is 2.85. The zero-order valence-corrected chi connectivity index (χ0v) is 9.98. The van der Waals surface area contributed by atoms with Gasteiger partial charge < -0.3 is 9.47 Å². The van der Waals surface area contributed by atoms with Gasteiger partial charge in [-0.3, -0.25) is 0 Å². The monoisotopic (exact) mass is 231 g/mol. The number of carbonyl (C=O) groups excluding carboxylic acids is 1. The predicted molar refractivity (Wildman–Crippen MR) is 63.3 cm³/mol. The lowest BCUT2D eigenvalue weighted by molar-refractivity contribution is -0.134. The molecule has 0 spiro atoms. The lowest BCUT2D eigenvalue weighted by atomic mass is 10.0. The Labute approximate surface area is 100 Å². The fraction of sp³-hybridized carbons (Fsp3) is 0.231. The molecule has 0 aliphatic heterocycles. The minimum Gasteiger partial charge on any atom is -0.496 e. The van der Waals surface area contributed by atoms with E-state index in [-0.39, 0.29) is 5.57 Å². The molecule has 0 unspecified atom stereocenters. The van der Waals surface area contributed by atoms with Gasteiger partial charge >= 0.3 is 5.97 Å². The Morgan fingerprint density at radius 3 is 2.59 bits per heavy atom. The van der Waals surface area contributed by atoms with Crippen LogP contribution in [0.2, 0.25) is 0 Å². The SMILES string of the molecule is COC(=O)C=C(C#N)c1ccc(OC)c(C)c1. The summed E-state index contributed by atoms with van der Waals surface area (Å²) in [6.45, 7) is 1.87. The summed E-state index contributed by atoms with van der Waals surface area (Å²) in [5.41, 5.74) is 1.83. The van der Waals surface area contributed by atoms with Crippen LogP contribution < -0.4 is 4.74 Å². The molecule has 0 N–H and O–H groups in total. The van der Waals surface area contributed by atoms with Gasteiger partial charge in [0.05, 0.1) is 19.8 Å². The second-order valence-electron chi connectivity index (χ2n) is 3.38. The second-order valence-corrected chi connectivity index (χ2v) is 3.38. The molecule has 0 bridgehead atoms. The number of rotatable bonds is 3. The maximum Gasteiger partial charge on any atom is 0.331 e. The third-order valence-electron chi connectivity index (χ3n) is 2.29. The molecule has 1 aromatic carbocycles. The molecular weight excluding hydrogens is 218 g/mol. The van der Waals surface area contributed by atoms with Crippen LogP contribution in [0.4, 0.5) is 0 Å². The van der Waals surface area contributed by atoms with E-state index in [1.54, 1.807) is 25.3 Å². The molecule has 0 atom stereocenters. The fourth-order valence-electron chi connectivity index (χ4n) is 1.40. The van der Waals surface area contributed by atoms with E-state index in [0.29, 0.717) is 5.56 Å². The van der Waals surface area contributed by atoms with Gasteiger partial charge in [-0.2, -0.15) is 5.26 Å². The molecule has 88 valence electrons. The fourth-order valence-corrected chi connectivity index (χ4v) is 1.40. The minimum absolute atomic E-state index is 0.266. The van der Waals surface area contributed by atoms with E-state index in [2.05, 4.69) is 4.74 Å². The van der Waals surface area contributed by atoms with Crippen LogP contribution in [0.5, 0.6) is 5.75 Å². The number of methoxy groups -OCH3 is 2. The van der Waals surface area contributed by atoms with Crippen molar-refractivity contribution in [3.8, 4) is 11.8 Å². The van der Waals surface area contributed by atoms with Crippen LogP contribution in [0, 0.1) is 18.3 Å². The molecule has 0 aliphatic carbocycles. The highest BCUT2D eigenvalue weighted by Crippen LogP contribution is 2.22. The third kappa shape index (κ3) is 3.08. The highest BCUT2D eigenvalue weighted by atomic mass is 16.5. The third-order valence-corrected chi connectivity index (χ3v) is 2.29. The maximum absolute atomic E-state index is 11.1. The first-order chi connectivity index (χ1) is 8.12. The van der Waals surface area contributed by atoms with E-state index >= 15 is 0 Å². The molecule has 0 amide bonds. The molecule has 17 heavy (non-hydrogen) atoms. The van der Waals surface area contributed by atoms with Crippen LogP contribution in [-0.2, 0) is 9.53 Å². The summed E-state index contributed by atoms with van der Waals surface area (Å²) in [5, 5.41) is 8.98. The number of allylic oxidation sites excluding steroid dienone is 1. The Hall–Kier alpha value is -2.28. The van der Waals surface area contributed by atoms with Crippen molar-refractivity contribution in [2.24, 2.45) is 0 Å². The quantitative estimate of drug-likeness (QED) is 0.454. The summed E-state index contributed by atoms with van der Waals surface area (Å²) in [4.78, 5) is 11.1. The Morgan fingerprint density at radius 1 is 1.41 bits per heavy atom. The second kappa shape index (κ2) is 5.71. The van der Waals surface area contributed by atoms with Gasteiger partial charge in [0.15, 0.2) is 0 Å². The summed E-state index contributed by atoms with van der Waals surface area (Å²) < 4.78 is 9.61. The zero-order valence-electron chi connectivity index (χ0n) is 9.98. The van der Waals surface area contributed by atoms with Gasteiger partial charge in [0.1, 0.15) is 11.8 Å². The van der Waals surface area contributed by atoms with E-state index < -0.39 is 5.97 Å². The van der Waals surface area contributed by atoms with E-state index in [1.165, 1.54) is 13.2 Å². The van der Waals surface area contributed by atoms with Gasteiger partial charge in [0.25, 0.3) is 0 Å². The standard InChI is InChI=1S/C13H13NO3/c1-9-6-10(4-5-12(9)16-2)11(8-14)7-13(15)17-3/h4-7H,1-3H3. The van der Waals surface area contributed by atoms with Gasteiger partial charge in [0, 0.05) is 6.08 Å². The van der Waals surface area contributed by atoms with Crippen LogP contribution in [0.15, 0.2) is 24.3 Å². The molecule has 0 saturated heterocycles. The Kier molecular flexibility index (Phi) is 4.29. The molecule has 0 saturated carbocycles. The molecule has 0 heterocycles. The van der Waals surface area contributed by atoms with Gasteiger partial charge in [-0.1, -0.05) is 0 Å². The van der Waals surface area contributed by atoms with Gasteiger partial charge in [0.2, 0.25) is 0 Å². The number of ether oxygens (including phenoxy) is 2. The van der Waals surface area contributed by atoms with Crippen molar-refractivity contribution in [2.45, 2.75) is 6.92 Å². The van der Waals surface area contributed by atoms with Crippen molar-refractivity contribution in [2.75, 3.05) is 14.2 Å². The largest absolute Gasteiger partial charge is 0.496 e. The lowest BCUT2D eigenvalue weighted by Gasteiger charge is -2.06. The zero-order chi connectivity index (χ0) is 12.8. The molecular formula is C13H13NO3. The van der Waals surface area contributed by atoms with Crippen molar-refractivity contribution in [1.82, 2.24) is 0 Å². The van der Waals surface area contributed by atoms with Crippen molar-refractivity contribution >= 4 is 11.5 Å². The van der Waals surface area contributed by atoms with Crippen LogP contribution in [-0.4, -0.2) is 20.2 Å². The van der Waals surface area contributed by atoms with Crippen molar-refractivity contribution < 1.29 is 14.3 Å². The minimum atomic E-state index is -0.546. The van der Waals surface area contributed by atoms with Crippen LogP contribution in [0.3, 0.4) is 0 Å². The molecule has 0 radical (unpaired) electrons. The highest BCUT2D eigenvalue weighted by Gasteiger charge is 2.06. The number of esters is 1. The lowest BCUT2D eigenvalue weighted by Crippen LogP contribution is -1.97. The molecule has 4 heteroatoms. The van der Waals surface area contributed by atoms with Gasteiger partial charge in [-0.15, -0.1) is 0 Å². The predicted octanol–water partition coefficient (Wildman–Crippen LogP) is 2.08. The smallest absolute Gasteiger partial charge is 0.331 e. The van der Waals surface area contributed by atoms with Crippen molar-refractivity contribution in [3.63, 3.8) is 0 Å². The normalized spacial score (nSPS) is 10.6. The summed E-state index contributed by atoms with van der Waals surface area (Å²) in [5.74, 6) is 0.194. The Morgan fingerprint density at radius 2 is 2.12 bits per heavy atom. The summed E-state index contributed by atoms with van der Waals surface area (Å²) in [6, 6.07) is 7.24. The van der Waals surface area contributed by atoms with E-state index in [9.17, 15) is 4.79 Å². The first-order valence-corrected chi connectivity index (χ1v) is 4.97. The Balaban J connectivity index is 3.15. The molecule has 4 nitrogen and oxygen atoms in total. The number of benzene rings is 1. The van der Waals surface area contributed by atoms with Gasteiger partial charge in [-0.05, 0) is 36.2 Å². The number of hydrogen-bond acceptors (Lipinski definition) is 4. The molecule has 1 rings (SSSR count). The molecule has 0 fully saturated rings. The average Bonchev–Trinajstić information content (AvgIpc) is 2.35. The number of carbonyl (C=O) groups is 1. The van der Waals surface area contributed by atoms with Crippen LogP contribution >= 0.6 is 0 Å². The van der Waals surface area contributed by atoms with E-state index in [0.717, 1.165) is 11.3 Å². The van der Waals surface area contributed by atoms with Crippen LogP contribution in [0.25, 0.3) is 5.57 Å². The molecule has 1 aromatic rings. The van der Waals surface area contributed by atoms with E-state index in [1.807, 2.05) is 13.0 Å². The first kappa shape index (κ1) is 12.8.